The van der Waals surface area contributed by atoms with Gasteiger partial charge in [0, 0.05) is 11.5 Å². The number of para-hydroxylation sites is 1. The first kappa shape index (κ1) is 17.9. The van der Waals surface area contributed by atoms with Gasteiger partial charge in [-0.1, -0.05) is 48.5 Å². The van der Waals surface area contributed by atoms with Gasteiger partial charge in [0.15, 0.2) is 23.3 Å². The molecule has 4 aromatic rings. The van der Waals surface area contributed by atoms with Gasteiger partial charge >= 0.3 is 0 Å². The molecule has 2 nitrogen and oxygen atoms in total. The lowest BCUT2D eigenvalue weighted by molar-refractivity contribution is 0.375. The minimum atomic E-state index is -2.28. The first-order valence-electron chi connectivity index (χ1n) is 8.14. The molecular weight excluding hydrogens is 377 g/mol. The molecule has 3 aromatic carbocycles. The molecule has 0 unspecified atom stereocenters. The molecule has 0 aliphatic heterocycles. The summed E-state index contributed by atoms with van der Waals surface area (Å²) in [7, 11) is 0. The summed E-state index contributed by atoms with van der Waals surface area (Å²) in [4.78, 5) is 12.7. The van der Waals surface area contributed by atoms with Crippen LogP contribution in [0.4, 0.5) is 22.0 Å². The van der Waals surface area contributed by atoms with E-state index in [4.69, 9.17) is 0 Å². The fourth-order valence-corrected chi connectivity index (χ4v) is 3.16. The van der Waals surface area contributed by atoms with Crippen LogP contribution >= 0.6 is 0 Å². The molecule has 0 saturated carbocycles. The number of benzene rings is 3. The second-order valence-electron chi connectivity index (χ2n) is 6.03. The van der Waals surface area contributed by atoms with Crippen molar-refractivity contribution < 1.29 is 22.0 Å². The number of halogens is 5. The molecule has 0 fully saturated rings. The number of pyridine rings is 1. The van der Waals surface area contributed by atoms with Crippen molar-refractivity contribution in [3.8, 4) is 16.8 Å². The summed E-state index contributed by atoms with van der Waals surface area (Å²) < 4.78 is 70.0. The van der Waals surface area contributed by atoms with Gasteiger partial charge in [0.05, 0.1) is 5.52 Å². The number of hydrogen-bond donors (Lipinski definition) is 0. The Balaban J connectivity index is 2.16. The molecular formula is C21H10F5NO. The first-order chi connectivity index (χ1) is 13.4. The van der Waals surface area contributed by atoms with Gasteiger partial charge < -0.3 is 0 Å². The van der Waals surface area contributed by atoms with Gasteiger partial charge in [-0.05, 0) is 17.2 Å². The second-order valence-corrected chi connectivity index (χ2v) is 6.03. The molecule has 0 spiro atoms. The maximum atomic E-state index is 14.3. The van der Waals surface area contributed by atoms with Crippen molar-refractivity contribution in [2.75, 3.05) is 0 Å². The Kier molecular flexibility index (Phi) is 4.22. The molecule has 28 heavy (non-hydrogen) atoms. The molecule has 0 bridgehead atoms. The van der Waals surface area contributed by atoms with E-state index in [2.05, 4.69) is 0 Å². The highest BCUT2D eigenvalue weighted by Crippen LogP contribution is 2.31. The fourth-order valence-electron chi connectivity index (χ4n) is 3.16. The number of nitrogens with zero attached hydrogens (tertiary/aromatic N) is 1. The zero-order valence-electron chi connectivity index (χ0n) is 14.0. The Morgan fingerprint density at radius 1 is 0.643 bits per heavy atom. The van der Waals surface area contributed by atoms with Gasteiger partial charge in [-0.2, -0.15) is 0 Å². The lowest BCUT2D eigenvalue weighted by Gasteiger charge is -2.16. The molecule has 4 rings (SSSR count). The van der Waals surface area contributed by atoms with Crippen molar-refractivity contribution in [3.63, 3.8) is 0 Å². The first-order valence-corrected chi connectivity index (χ1v) is 8.14. The van der Waals surface area contributed by atoms with Crippen LogP contribution in [0.25, 0.3) is 27.7 Å². The second kappa shape index (κ2) is 6.60. The third-order valence-corrected chi connectivity index (χ3v) is 4.42. The van der Waals surface area contributed by atoms with Crippen molar-refractivity contribution in [3.05, 3.63) is 100 Å². The van der Waals surface area contributed by atoms with Crippen LogP contribution in [0.3, 0.4) is 0 Å². The minimum absolute atomic E-state index is 0.0112. The predicted molar refractivity (Wildman–Crippen MR) is 94.8 cm³/mol. The maximum Gasteiger partial charge on any atom is 0.256 e. The van der Waals surface area contributed by atoms with E-state index >= 15 is 0 Å². The van der Waals surface area contributed by atoms with Crippen molar-refractivity contribution in [2.24, 2.45) is 0 Å². The van der Waals surface area contributed by atoms with Gasteiger partial charge in [-0.25, -0.2) is 22.0 Å². The van der Waals surface area contributed by atoms with E-state index < -0.39 is 40.3 Å². The summed E-state index contributed by atoms with van der Waals surface area (Å²) in [5, 5.41) is 0.414. The van der Waals surface area contributed by atoms with Crippen molar-refractivity contribution in [1.29, 1.82) is 0 Å². The van der Waals surface area contributed by atoms with E-state index in [0.717, 1.165) is 6.07 Å². The molecule has 0 saturated heterocycles. The zero-order valence-corrected chi connectivity index (χ0v) is 14.0. The molecule has 140 valence electrons. The fraction of sp³-hybridized carbons (Fsp3) is 0. The van der Waals surface area contributed by atoms with Crippen LogP contribution in [0.5, 0.6) is 0 Å². The Labute approximate surface area is 155 Å². The van der Waals surface area contributed by atoms with E-state index in [-0.39, 0.29) is 5.52 Å². The highest BCUT2D eigenvalue weighted by Gasteiger charge is 2.28. The summed E-state index contributed by atoms with van der Waals surface area (Å²) in [5.74, 6) is -10.7. The van der Waals surface area contributed by atoms with Crippen LogP contribution in [-0.4, -0.2) is 4.57 Å². The molecule has 0 amide bonds. The van der Waals surface area contributed by atoms with Crippen molar-refractivity contribution in [1.82, 2.24) is 4.57 Å². The monoisotopic (exact) mass is 387 g/mol. The molecule has 0 radical (unpaired) electrons. The van der Waals surface area contributed by atoms with Gasteiger partial charge in [-0.3, -0.25) is 9.36 Å². The molecule has 1 aromatic heterocycles. The molecule has 0 aliphatic rings. The molecule has 0 aliphatic carbocycles. The van der Waals surface area contributed by atoms with Crippen molar-refractivity contribution >= 4 is 10.9 Å². The Morgan fingerprint density at radius 2 is 1.18 bits per heavy atom. The van der Waals surface area contributed by atoms with Gasteiger partial charge in [0.2, 0.25) is 5.82 Å². The normalized spacial score (nSPS) is 11.2. The Bertz CT molecular complexity index is 1250. The van der Waals surface area contributed by atoms with Crippen molar-refractivity contribution in [2.45, 2.75) is 0 Å². The topological polar surface area (TPSA) is 22.0 Å². The smallest absolute Gasteiger partial charge is 0.256 e. The summed E-state index contributed by atoms with van der Waals surface area (Å²) in [5.41, 5.74) is -1.09. The highest BCUT2D eigenvalue weighted by atomic mass is 19.2. The largest absolute Gasteiger partial charge is 0.271 e. The number of aromatic nitrogens is 1. The number of fused-ring (bicyclic) bond motifs is 1. The lowest BCUT2D eigenvalue weighted by Crippen LogP contribution is -2.22. The van der Waals surface area contributed by atoms with Gasteiger partial charge in [0.25, 0.3) is 5.56 Å². The third kappa shape index (κ3) is 2.58. The number of rotatable bonds is 2. The van der Waals surface area contributed by atoms with Crippen LogP contribution < -0.4 is 5.56 Å². The Morgan fingerprint density at radius 3 is 1.82 bits per heavy atom. The van der Waals surface area contributed by atoms with Crippen LogP contribution in [0.1, 0.15) is 0 Å². The lowest BCUT2D eigenvalue weighted by atomic mass is 10.0. The Hall–Kier alpha value is -3.48. The van der Waals surface area contributed by atoms with E-state index in [1.165, 1.54) is 12.1 Å². The summed E-state index contributed by atoms with van der Waals surface area (Å²) in [6.07, 6.45) is 0. The maximum absolute atomic E-state index is 14.3. The third-order valence-electron chi connectivity index (χ3n) is 4.42. The quantitative estimate of drug-likeness (QED) is 0.258. The van der Waals surface area contributed by atoms with Gasteiger partial charge in [-0.15, -0.1) is 0 Å². The molecule has 1 heterocycles. The van der Waals surface area contributed by atoms with Crippen LogP contribution in [0.15, 0.2) is 65.5 Å². The zero-order chi connectivity index (χ0) is 20.0. The van der Waals surface area contributed by atoms with E-state index in [0.29, 0.717) is 21.1 Å². The number of hydrogen-bond acceptors (Lipinski definition) is 1. The summed E-state index contributed by atoms with van der Waals surface area (Å²) in [6.45, 7) is 0. The van der Waals surface area contributed by atoms with Crippen LogP contribution in [0, 0.1) is 29.1 Å². The molecule has 0 atom stereocenters. The van der Waals surface area contributed by atoms with E-state index in [1.807, 2.05) is 0 Å². The molecule has 7 heteroatoms. The van der Waals surface area contributed by atoms with Crippen LogP contribution in [0.2, 0.25) is 0 Å². The van der Waals surface area contributed by atoms with Gasteiger partial charge in [0.1, 0.15) is 5.69 Å². The van der Waals surface area contributed by atoms with E-state index in [1.54, 1.807) is 42.5 Å². The van der Waals surface area contributed by atoms with E-state index in [9.17, 15) is 26.7 Å². The summed E-state index contributed by atoms with van der Waals surface area (Å²) >= 11 is 0. The average Bonchev–Trinajstić information content (AvgIpc) is 2.72. The standard InChI is InChI=1S/C21H10F5NO/c22-16-17(23)19(25)21(20(26)18(16)24)27-14-9-5-4-8-12(14)13(10-15(27)28)11-6-2-1-3-7-11/h1-10H. The predicted octanol–water partition coefficient (Wildman–Crippen LogP) is 5.35. The SMILES string of the molecule is O=c1cc(-c2ccccc2)c2ccccc2n1-c1c(F)c(F)c(F)c(F)c1F. The minimum Gasteiger partial charge on any atom is -0.271 e. The molecule has 0 N–H and O–H groups in total. The summed E-state index contributed by atoms with van der Waals surface area (Å²) in [6, 6.07) is 16.0. The van der Waals surface area contributed by atoms with Crippen LogP contribution in [-0.2, 0) is 0 Å². The highest BCUT2D eigenvalue weighted by molar-refractivity contribution is 5.95. The average molecular weight is 387 g/mol.